The first-order valence-electron chi connectivity index (χ1n) is 3.49. The fourth-order valence-electron chi connectivity index (χ4n) is 0.607. The van der Waals surface area contributed by atoms with Crippen LogP contribution in [-0.4, -0.2) is 31.5 Å². The predicted octanol–water partition coefficient (Wildman–Crippen LogP) is -0.597. The van der Waals surface area contributed by atoms with Crippen molar-refractivity contribution < 1.29 is 9.84 Å². The van der Waals surface area contributed by atoms with E-state index in [-0.39, 0.29) is 0 Å². The molecule has 4 N–H and O–H groups in total. The fraction of sp³-hybridized carbons (Fsp3) is 0.714. The van der Waals surface area contributed by atoms with E-state index in [1.165, 1.54) is 0 Å². The van der Waals surface area contributed by atoms with Crippen molar-refractivity contribution in [2.45, 2.75) is 13.0 Å². The summed E-state index contributed by atoms with van der Waals surface area (Å²) >= 11 is 0. The number of allylic oxidation sites excluding steroid dienone is 1. The van der Waals surface area contributed by atoms with Crippen LogP contribution in [0, 0.1) is 0 Å². The van der Waals surface area contributed by atoms with E-state index in [0.29, 0.717) is 18.8 Å². The van der Waals surface area contributed by atoms with Gasteiger partial charge < -0.3 is 20.9 Å². The van der Waals surface area contributed by atoms with E-state index in [1.54, 1.807) is 20.2 Å². The predicted molar refractivity (Wildman–Crippen MR) is 43.8 cm³/mol. The normalized spacial score (nSPS) is 14.6. The Hall–Kier alpha value is -0.740. The summed E-state index contributed by atoms with van der Waals surface area (Å²) in [5.41, 5.74) is 6.03. The molecular formula is C7H16N2O2. The Kier molecular flexibility index (Phi) is 5.60. The molecular weight excluding hydrogens is 144 g/mol. The van der Waals surface area contributed by atoms with Crippen LogP contribution < -0.4 is 11.1 Å². The summed E-state index contributed by atoms with van der Waals surface area (Å²) in [4.78, 5) is 0. The number of aliphatic hydroxyl groups is 1. The summed E-state index contributed by atoms with van der Waals surface area (Å²) < 4.78 is 4.72. The van der Waals surface area contributed by atoms with Gasteiger partial charge >= 0.3 is 0 Å². The van der Waals surface area contributed by atoms with Gasteiger partial charge in [0.25, 0.3) is 0 Å². The Balaban J connectivity index is 3.31. The summed E-state index contributed by atoms with van der Waals surface area (Å²) in [6.45, 7) is 2.57. The second kappa shape index (κ2) is 6.00. The molecule has 0 aliphatic heterocycles. The Morgan fingerprint density at radius 2 is 2.45 bits per heavy atom. The van der Waals surface area contributed by atoms with Gasteiger partial charge in [-0.2, -0.15) is 0 Å². The lowest BCUT2D eigenvalue weighted by Crippen LogP contribution is -2.27. The molecule has 0 aliphatic carbocycles. The highest BCUT2D eigenvalue weighted by Gasteiger charge is 1.99. The molecule has 0 aromatic heterocycles. The number of aliphatic hydroxyl groups excluding tert-OH is 1. The maximum atomic E-state index is 9.10. The Morgan fingerprint density at radius 1 is 1.82 bits per heavy atom. The molecule has 0 amide bonds. The molecule has 0 aromatic carbocycles. The molecule has 0 saturated heterocycles. The molecule has 0 aromatic rings. The number of rotatable bonds is 5. The van der Waals surface area contributed by atoms with Crippen LogP contribution in [0.3, 0.4) is 0 Å². The van der Waals surface area contributed by atoms with Crippen LogP contribution in [0.5, 0.6) is 0 Å². The average molecular weight is 160 g/mol. The van der Waals surface area contributed by atoms with Gasteiger partial charge in [0.15, 0.2) is 0 Å². The van der Waals surface area contributed by atoms with Gasteiger partial charge in [-0.3, -0.25) is 0 Å². The first-order chi connectivity index (χ1) is 5.16. The Labute approximate surface area is 67.0 Å². The molecule has 0 saturated carbocycles. The van der Waals surface area contributed by atoms with Crippen molar-refractivity contribution in [3.63, 3.8) is 0 Å². The fourth-order valence-corrected chi connectivity index (χ4v) is 0.607. The van der Waals surface area contributed by atoms with Gasteiger partial charge in [0.05, 0.1) is 12.7 Å². The molecule has 1 atom stereocenters. The number of methoxy groups -OCH3 is 1. The van der Waals surface area contributed by atoms with Crippen molar-refractivity contribution in [1.29, 1.82) is 0 Å². The highest BCUT2D eigenvalue weighted by molar-refractivity contribution is 4.89. The van der Waals surface area contributed by atoms with E-state index in [4.69, 9.17) is 15.6 Å². The molecule has 0 bridgehead atoms. The third kappa shape index (κ3) is 7.15. The minimum atomic E-state index is -0.476. The molecule has 4 heteroatoms. The molecule has 0 fully saturated rings. The quantitative estimate of drug-likeness (QED) is 0.502. The lowest BCUT2D eigenvalue weighted by molar-refractivity contribution is 0.0666. The maximum absolute atomic E-state index is 9.10. The van der Waals surface area contributed by atoms with Crippen LogP contribution in [0.1, 0.15) is 6.92 Å². The average Bonchev–Trinajstić information content (AvgIpc) is 1.87. The molecule has 0 radical (unpaired) electrons. The van der Waals surface area contributed by atoms with Crippen LogP contribution in [0.4, 0.5) is 0 Å². The number of nitrogens with one attached hydrogen (secondary N) is 1. The second-order valence-corrected chi connectivity index (χ2v) is 2.41. The van der Waals surface area contributed by atoms with Gasteiger partial charge in [0.2, 0.25) is 0 Å². The van der Waals surface area contributed by atoms with Crippen molar-refractivity contribution in [3.8, 4) is 0 Å². The third-order valence-corrected chi connectivity index (χ3v) is 1.04. The van der Waals surface area contributed by atoms with E-state index in [2.05, 4.69) is 5.32 Å². The number of nitrogens with two attached hydrogens (primary N) is 1. The summed E-state index contributed by atoms with van der Waals surface area (Å²) in [7, 11) is 1.55. The third-order valence-electron chi connectivity index (χ3n) is 1.04. The van der Waals surface area contributed by atoms with Crippen LogP contribution in [0.25, 0.3) is 0 Å². The molecule has 11 heavy (non-hydrogen) atoms. The largest absolute Gasteiger partial charge is 0.401 e. The smallest absolute Gasteiger partial charge is 0.0945 e. The SMILES string of the molecule is COCC(O)CNC=C(C)N. The van der Waals surface area contributed by atoms with E-state index in [9.17, 15) is 0 Å². The van der Waals surface area contributed by atoms with Gasteiger partial charge in [-0.15, -0.1) is 0 Å². The molecule has 0 spiro atoms. The van der Waals surface area contributed by atoms with Crippen molar-refractivity contribution in [1.82, 2.24) is 5.32 Å². The van der Waals surface area contributed by atoms with E-state index >= 15 is 0 Å². The summed E-state index contributed by atoms with van der Waals surface area (Å²) in [5, 5.41) is 12.0. The van der Waals surface area contributed by atoms with E-state index in [1.807, 2.05) is 0 Å². The van der Waals surface area contributed by atoms with E-state index < -0.39 is 6.10 Å². The van der Waals surface area contributed by atoms with Gasteiger partial charge in [-0.1, -0.05) is 0 Å². The van der Waals surface area contributed by atoms with Gasteiger partial charge in [-0.25, -0.2) is 0 Å². The molecule has 4 nitrogen and oxygen atoms in total. The topological polar surface area (TPSA) is 67.5 Å². The summed E-state index contributed by atoms with van der Waals surface area (Å²) in [5.74, 6) is 0. The zero-order valence-electron chi connectivity index (χ0n) is 7.00. The van der Waals surface area contributed by atoms with Crippen molar-refractivity contribution in [3.05, 3.63) is 11.9 Å². The highest BCUT2D eigenvalue weighted by Crippen LogP contribution is 1.81. The second-order valence-electron chi connectivity index (χ2n) is 2.41. The van der Waals surface area contributed by atoms with Crippen LogP contribution in [0.2, 0.25) is 0 Å². The molecule has 0 aliphatic rings. The molecule has 0 heterocycles. The first-order valence-corrected chi connectivity index (χ1v) is 3.49. The Morgan fingerprint density at radius 3 is 2.91 bits per heavy atom. The highest BCUT2D eigenvalue weighted by atomic mass is 16.5. The Bertz CT molecular complexity index is 122. The van der Waals surface area contributed by atoms with Gasteiger partial charge in [0.1, 0.15) is 0 Å². The van der Waals surface area contributed by atoms with Gasteiger partial charge in [0, 0.05) is 25.6 Å². The van der Waals surface area contributed by atoms with Crippen molar-refractivity contribution in [2.24, 2.45) is 5.73 Å². The molecule has 1 unspecified atom stereocenters. The number of hydrogen-bond donors (Lipinski definition) is 3. The van der Waals surface area contributed by atoms with Crippen molar-refractivity contribution in [2.75, 3.05) is 20.3 Å². The first kappa shape index (κ1) is 10.3. The maximum Gasteiger partial charge on any atom is 0.0945 e. The summed E-state index contributed by atoms with van der Waals surface area (Å²) in [6, 6.07) is 0. The lowest BCUT2D eigenvalue weighted by atomic mass is 10.4. The minimum Gasteiger partial charge on any atom is -0.401 e. The minimum absolute atomic E-state index is 0.338. The standard InChI is InChI=1S/C7H16N2O2/c1-6(8)3-9-4-7(10)5-11-2/h3,7,9-10H,4-5,8H2,1-2H3. The zero-order valence-corrected chi connectivity index (χ0v) is 7.00. The van der Waals surface area contributed by atoms with Gasteiger partial charge in [-0.05, 0) is 6.92 Å². The zero-order chi connectivity index (χ0) is 8.69. The number of hydrogen-bond acceptors (Lipinski definition) is 4. The van der Waals surface area contributed by atoms with Crippen LogP contribution in [0.15, 0.2) is 11.9 Å². The van der Waals surface area contributed by atoms with Crippen LogP contribution >= 0.6 is 0 Å². The van der Waals surface area contributed by atoms with Crippen LogP contribution in [-0.2, 0) is 4.74 Å². The summed E-state index contributed by atoms with van der Waals surface area (Å²) in [6.07, 6.45) is 1.18. The molecule has 66 valence electrons. The lowest BCUT2D eigenvalue weighted by Gasteiger charge is -2.08. The monoisotopic (exact) mass is 160 g/mol. The molecule has 0 rings (SSSR count). The van der Waals surface area contributed by atoms with E-state index in [0.717, 1.165) is 0 Å². The number of ether oxygens (including phenoxy) is 1. The van der Waals surface area contributed by atoms with Crippen molar-refractivity contribution >= 4 is 0 Å².